The molecule has 0 fully saturated rings. The highest BCUT2D eigenvalue weighted by Crippen LogP contribution is 2.35. The number of hydrogen-bond donors (Lipinski definition) is 2. The fourth-order valence-corrected chi connectivity index (χ4v) is 2.05. The molecule has 0 aliphatic carbocycles. The lowest BCUT2D eigenvalue weighted by atomic mass is 10.0. The van der Waals surface area contributed by atoms with Gasteiger partial charge in [0.15, 0.2) is 5.75 Å². The number of nitrogens with zero attached hydrogens (tertiary/aromatic N) is 1. The van der Waals surface area contributed by atoms with Gasteiger partial charge in [0.25, 0.3) is 6.47 Å². The van der Waals surface area contributed by atoms with Gasteiger partial charge in [0.1, 0.15) is 11.5 Å². The number of ketones is 1. The second-order valence-corrected chi connectivity index (χ2v) is 4.79. The summed E-state index contributed by atoms with van der Waals surface area (Å²) in [4.78, 5) is 24.6. The van der Waals surface area contributed by atoms with Crippen molar-refractivity contribution in [2.75, 3.05) is 19.0 Å². The average molecular weight is 301 g/mol. The van der Waals surface area contributed by atoms with Gasteiger partial charge in [0.2, 0.25) is 5.78 Å². The molecule has 0 heterocycles. The van der Waals surface area contributed by atoms with Crippen molar-refractivity contribution in [2.45, 2.75) is 0 Å². The van der Waals surface area contributed by atoms with Crippen LogP contribution in [0.2, 0.25) is 0 Å². The summed E-state index contributed by atoms with van der Waals surface area (Å²) < 4.78 is 4.80. The summed E-state index contributed by atoms with van der Waals surface area (Å²) in [6.45, 7) is 0.242. The van der Waals surface area contributed by atoms with E-state index in [1.807, 2.05) is 0 Å². The summed E-state index contributed by atoms with van der Waals surface area (Å²) in [5.74, 6) is -0.912. The molecule has 2 rings (SSSR count). The van der Waals surface area contributed by atoms with Crippen molar-refractivity contribution in [1.29, 1.82) is 0 Å². The maximum atomic E-state index is 12.5. The third-order valence-corrected chi connectivity index (χ3v) is 3.13. The molecule has 0 radical (unpaired) electrons. The Morgan fingerprint density at radius 3 is 2.36 bits per heavy atom. The van der Waals surface area contributed by atoms with Gasteiger partial charge >= 0.3 is 0 Å². The summed E-state index contributed by atoms with van der Waals surface area (Å²) in [5, 5.41) is 19.8. The summed E-state index contributed by atoms with van der Waals surface area (Å²) >= 11 is 0. The van der Waals surface area contributed by atoms with Gasteiger partial charge in [-0.2, -0.15) is 0 Å². The van der Waals surface area contributed by atoms with E-state index < -0.39 is 5.78 Å². The number of phenols is 2. The van der Waals surface area contributed by atoms with Crippen LogP contribution in [-0.2, 0) is 4.79 Å². The molecule has 0 atom stereocenters. The second-order valence-electron chi connectivity index (χ2n) is 4.79. The highest BCUT2D eigenvalue weighted by Gasteiger charge is 2.20. The second kappa shape index (κ2) is 6.17. The van der Waals surface area contributed by atoms with E-state index in [0.29, 0.717) is 5.69 Å². The molecule has 0 aliphatic heterocycles. The Hall–Kier alpha value is -3.02. The van der Waals surface area contributed by atoms with E-state index in [4.69, 9.17) is 4.74 Å². The Balaban J connectivity index is 2.56. The van der Waals surface area contributed by atoms with Gasteiger partial charge < -0.3 is 19.8 Å². The fraction of sp³-hybridized carbons (Fsp3) is 0.125. The molecule has 0 saturated carbocycles. The van der Waals surface area contributed by atoms with Crippen molar-refractivity contribution in [3.05, 3.63) is 47.5 Å². The molecule has 22 heavy (non-hydrogen) atoms. The minimum Gasteiger partial charge on any atom is -0.507 e. The fourth-order valence-electron chi connectivity index (χ4n) is 2.05. The highest BCUT2D eigenvalue weighted by molar-refractivity contribution is 6.13. The number of carbonyl (C=O) groups is 2. The molecule has 0 amide bonds. The lowest BCUT2D eigenvalue weighted by Gasteiger charge is -2.18. The van der Waals surface area contributed by atoms with Crippen LogP contribution in [0.5, 0.6) is 17.2 Å². The number of rotatable bonds is 5. The smallest absolute Gasteiger partial charge is 0.298 e. The number of ether oxygens (including phenoxy) is 1. The minimum absolute atomic E-state index is 0.00319. The third kappa shape index (κ3) is 2.85. The first-order chi connectivity index (χ1) is 10.5. The molecule has 0 spiro atoms. The van der Waals surface area contributed by atoms with Gasteiger partial charge in [-0.3, -0.25) is 9.59 Å². The van der Waals surface area contributed by atoms with E-state index in [2.05, 4.69) is 0 Å². The summed E-state index contributed by atoms with van der Waals surface area (Å²) in [7, 11) is 3.41. The summed E-state index contributed by atoms with van der Waals surface area (Å²) in [5.41, 5.74) is 0.527. The molecule has 0 saturated heterocycles. The van der Waals surface area contributed by atoms with E-state index in [9.17, 15) is 19.8 Å². The molecule has 0 bridgehead atoms. The molecule has 6 heteroatoms. The molecule has 0 aromatic heterocycles. The molecular formula is C16H15NO5. The van der Waals surface area contributed by atoms with Crippen LogP contribution in [0.3, 0.4) is 0 Å². The Bertz CT molecular complexity index is 724. The molecule has 114 valence electrons. The van der Waals surface area contributed by atoms with E-state index in [-0.39, 0.29) is 34.8 Å². The topological polar surface area (TPSA) is 87.1 Å². The standard InChI is InChI=1S/C16H15NO5/c1-17(2)12-7-11(14(20)8-15(12)22-9-18)16(21)10-5-3-4-6-13(10)19/h3-9,19-20H,1-2H3. The number of aromatic hydroxyl groups is 2. The normalized spacial score (nSPS) is 10.1. The van der Waals surface area contributed by atoms with Crippen molar-refractivity contribution < 1.29 is 24.5 Å². The zero-order chi connectivity index (χ0) is 16.3. The molecular weight excluding hydrogens is 286 g/mol. The third-order valence-electron chi connectivity index (χ3n) is 3.13. The predicted molar refractivity (Wildman–Crippen MR) is 80.7 cm³/mol. The van der Waals surface area contributed by atoms with Crippen LogP contribution >= 0.6 is 0 Å². The van der Waals surface area contributed by atoms with Gasteiger partial charge in [0.05, 0.1) is 16.8 Å². The number of hydrogen-bond acceptors (Lipinski definition) is 6. The maximum absolute atomic E-state index is 12.5. The van der Waals surface area contributed by atoms with Gasteiger partial charge in [-0.1, -0.05) is 12.1 Å². The lowest BCUT2D eigenvalue weighted by Crippen LogP contribution is -2.12. The van der Waals surface area contributed by atoms with Crippen molar-refractivity contribution in [3.8, 4) is 17.2 Å². The molecule has 0 aliphatic rings. The number of carbonyl (C=O) groups excluding carboxylic acids is 2. The zero-order valence-corrected chi connectivity index (χ0v) is 12.1. The van der Waals surface area contributed by atoms with Crippen LogP contribution in [-0.4, -0.2) is 36.6 Å². The van der Waals surface area contributed by atoms with E-state index in [1.165, 1.54) is 24.3 Å². The number of anilines is 1. The van der Waals surface area contributed by atoms with Gasteiger partial charge in [-0.05, 0) is 18.2 Å². The van der Waals surface area contributed by atoms with Gasteiger partial charge in [-0.25, -0.2) is 0 Å². The van der Waals surface area contributed by atoms with Crippen molar-refractivity contribution in [3.63, 3.8) is 0 Å². The predicted octanol–water partition coefficient (Wildman–Crippen LogP) is 1.93. The van der Waals surface area contributed by atoms with Crippen LogP contribution in [0.15, 0.2) is 36.4 Å². The van der Waals surface area contributed by atoms with E-state index in [1.54, 1.807) is 31.1 Å². The Labute approximate surface area is 127 Å². The van der Waals surface area contributed by atoms with Crippen molar-refractivity contribution in [2.24, 2.45) is 0 Å². The van der Waals surface area contributed by atoms with Gasteiger partial charge in [0, 0.05) is 20.2 Å². The first-order valence-corrected chi connectivity index (χ1v) is 6.43. The summed E-state index contributed by atoms with van der Waals surface area (Å²) in [6, 6.07) is 8.65. The molecule has 0 unspecified atom stereocenters. The van der Waals surface area contributed by atoms with Crippen molar-refractivity contribution in [1.82, 2.24) is 0 Å². The van der Waals surface area contributed by atoms with Crippen molar-refractivity contribution >= 4 is 17.9 Å². The van der Waals surface area contributed by atoms with Crippen LogP contribution in [0.4, 0.5) is 5.69 Å². The van der Waals surface area contributed by atoms with E-state index in [0.717, 1.165) is 0 Å². The van der Waals surface area contributed by atoms with E-state index >= 15 is 0 Å². The molecule has 2 N–H and O–H groups in total. The van der Waals surface area contributed by atoms with Gasteiger partial charge in [-0.15, -0.1) is 0 Å². The highest BCUT2D eigenvalue weighted by atomic mass is 16.5. The largest absolute Gasteiger partial charge is 0.507 e. The Kier molecular flexibility index (Phi) is 4.31. The quantitative estimate of drug-likeness (QED) is 0.648. The average Bonchev–Trinajstić information content (AvgIpc) is 2.47. The molecule has 2 aromatic carbocycles. The molecule has 6 nitrogen and oxygen atoms in total. The SMILES string of the molecule is CN(C)c1cc(C(=O)c2ccccc2O)c(O)cc1OC=O. The minimum atomic E-state index is -0.531. The first-order valence-electron chi connectivity index (χ1n) is 6.43. The van der Waals surface area contributed by atoms with Crippen LogP contribution < -0.4 is 9.64 Å². The number of para-hydroxylation sites is 1. The number of benzene rings is 2. The monoisotopic (exact) mass is 301 g/mol. The Morgan fingerprint density at radius 2 is 1.77 bits per heavy atom. The van der Waals surface area contributed by atoms with Crippen LogP contribution in [0.25, 0.3) is 0 Å². The summed E-state index contributed by atoms with van der Waals surface area (Å²) in [6.07, 6.45) is 0. The first kappa shape index (κ1) is 15.4. The van der Waals surface area contributed by atoms with Crippen LogP contribution in [0.1, 0.15) is 15.9 Å². The lowest BCUT2D eigenvalue weighted by molar-refractivity contribution is -0.120. The Morgan fingerprint density at radius 1 is 1.09 bits per heavy atom. The zero-order valence-electron chi connectivity index (χ0n) is 12.1. The maximum Gasteiger partial charge on any atom is 0.298 e. The van der Waals surface area contributed by atoms with Crippen LogP contribution in [0, 0.1) is 0 Å². The number of phenolic OH excluding ortho intramolecular Hbond substituents is 2. The molecule has 2 aromatic rings.